The highest BCUT2D eigenvalue weighted by molar-refractivity contribution is 9.10. The first-order chi connectivity index (χ1) is 12.5. The van der Waals surface area contributed by atoms with E-state index in [1.165, 1.54) is 11.3 Å². The summed E-state index contributed by atoms with van der Waals surface area (Å²) in [6, 6.07) is 11.1. The van der Waals surface area contributed by atoms with E-state index < -0.39 is 0 Å². The number of carbonyl (C=O) groups is 1. The zero-order chi connectivity index (χ0) is 18.7. The number of nitrogens with zero attached hydrogens (tertiary/aromatic N) is 2. The van der Waals surface area contributed by atoms with Crippen molar-refractivity contribution in [2.45, 2.75) is 20.4 Å². The number of halogens is 2. The molecule has 0 aliphatic rings. The SMILES string of the molecule is CCOCCn1c(=NC(=O)c2ccccc2Br)sc2ccc(Cl)c(C)c21. The van der Waals surface area contributed by atoms with E-state index in [0.29, 0.717) is 35.1 Å². The Morgan fingerprint density at radius 2 is 2.08 bits per heavy atom. The normalized spacial score (nSPS) is 12.1. The highest BCUT2D eigenvalue weighted by Crippen LogP contribution is 2.27. The number of hydrogen-bond donors (Lipinski definition) is 0. The molecule has 0 aliphatic heterocycles. The highest BCUT2D eigenvalue weighted by Gasteiger charge is 2.14. The van der Waals surface area contributed by atoms with Crippen LogP contribution in [0.3, 0.4) is 0 Å². The van der Waals surface area contributed by atoms with Crippen LogP contribution in [0.2, 0.25) is 5.02 Å². The number of fused-ring (bicyclic) bond motifs is 1. The first-order valence-electron chi connectivity index (χ1n) is 8.22. The molecule has 1 amide bonds. The molecule has 136 valence electrons. The van der Waals surface area contributed by atoms with E-state index in [1.54, 1.807) is 6.07 Å². The van der Waals surface area contributed by atoms with Crippen molar-refractivity contribution in [1.29, 1.82) is 0 Å². The zero-order valence-electron chi connectivity index (χ0n) is 14.5. The summed E-state index contributed by atoms with van der Waals surface area (Å²) < 4.78 is 9.30. The fraction of sp³-hybridized carbons (Fsp3) is 0.263. The molecule has 0 N–H and O–H groups in total. The Hall–Kier alpha value is -1.47. The molecule has 4 nitrogen and oxygen atoms in total. The van der Waals surface area contributed by atoms with Gasteiger partial charge in [-0.3, -0.25) is 4.79 Å². The van der Waals surface area contributed by atoms with E-state index in [9.17, 15) is 4.79 Å². The second-order valence-electron chi connectivity index (χ2n) is 5.65. The van der Waals surface area contributed by atoms with Gasteiger partial charge in [-0.05, 0) is 59.6 Å². The summed E-state index contributed by atoms with van der Waals surface area (Å²) in [5, 5.41) is 0.698. The second kappa shape index (κ2) is 8.48. The van der Waals surface area contributed by atoms with Crippen LogP contribution in [0, 0.1) is 6.92 Å². The molecule has 0 atom stereocenters. The second-order valence-corrected chi connectivity index (χ2v) is 7.92. The number of hydrogen-bond acceptors (Lipinski definition) is 3. The molecule has 26 heavy (non-hydrogen) atoms. The van der Waals surface area contributed by atoms with Crippen LogP contribution in [0.1, 0.15) is 22.8 Å². The van der Waals surface area contributed by atoms with Gasteiger partial charge in [-0.15, -0.1) is 0 Å². The van der Waals surface area contributed by atoms with Crippen LogP contribution in [-0.2, 0) is 11.3 Å². The van der Waals surface area contributed by atoms with Crippen LogP contribution < -0.4 is 4.80 Å². The Morgan fingerprint density at radius 1 is 1.31 bits per heavy atom. The molecule has 0 bridgehead atoms. The van der Waals surface area contributed by atoms with Gasteiger partial charge in [0.05, 0.1) is 22.4 Å². The van der Waals surface area contributed by atoms with Crippen molar-refractivity contribution >= 4 is 55.0 Å². The Morgan fingerprint density at radius 3 is 2.81 bits per heavy atom. The fourth-order valence-corrected chi connectivity index (χ4v) is 4.41. The van der Waals surface area contributed by atoms with Crippen LogP contribution in [0.15, 0.2) is 45.9 Å². The van der Waals surface area contributed by atoms with E-state index >= 15 is 0 Å². The third-order valence-electron chi connectivity index (χ3n) is 3.99. The standard InChI is InChI=1S/C19H18BrClN2O2S/c1-3-25-11-10-23-17-12(2)15(21)8-9-16(17)26-19(23)22-18(24)13-6-4-5-7-14(13)20/h4-9H,3,10-11H2,1-2H3. The van der Waals surface area contributed by atoms with Crippen molar-refractivity contribution in [3.63, 3.8) is 0 Å². The summed E-state index contributed by atoms with van der Waals surface area (Å²) in [5.41, 5.74) is 2.52. The first-order valence-corrected chi connectivity index (χ1v) is 10.2. The summed E-state index contributed by atoms with van der Waals surface area (Å²) in [5.74, 6) is -0.280. The lowest BCUT2D eigenvalue weighted by atomic mass is 10.2. The van der Waals surface area contributed by atoms with Crippen molar-refractivity contribution in [3.8, 4) is 0 Å². The van der Waals surface area contributed by atoms with Crippen LogP contribution in [0.25, 0.3) is 10.2 Å². The zero-order valence-corrected chi connectivity index (χ0v) is 17.6. The lowest BCUT2D eigenvalue weighted by Gasteiger charge is -2.08. The van der Waals surface area contributed by atoms with E-state index in [2.05, 4.69) is 20.9 Å². The molecule has 0 aliphatic carbocycles. The minimum atomic E-state index is -0.280. The van der Waals surface area contributed by atoms with Crippen LogP contribution in [0.5, 0.6) is 0 Å². The molecule has 0 saturated heterocycles. The first kappa shape index (κ1) is 19.3. The molecule has 0 fully saturated rings. The summed E-state index contributed by atoms with van der Waals surface area (Å²) in [6.07, 6.45) is 0. The Balaban J connectivity index is 2.15. The minimum absolute atomic E-state index is 0.280. The van der Waals surface area contributed by atoms with Gasteiger partial charge >= 0.3 is 0 Å². The Labute approximate surface area is 169 Å². The molecule has 2 aromatic carbocycles. The number of ether oxygens (including phenoxy) is 1. The number of benzene rings is 2. The molecular formula is C19H18BrClN2O2S. The number of carbonyl (C=O) groups excluding carboxylic acids is 1. The minimum Gasteiger partial charge on any atom is -0.380 e. The summed E-state index contributed by atoms with van der Waals surface area (Å²) in [6.45, 7) is 5.74. The maximum absolute atomic E-state index is 12.7. The predicted octanol–water partition coefficient (Wildman–Crippen LogP) is 5.20. The van der Waals surface area contributed by atoms with Crippen LogP contribution >= 0.6 is 38.9 Å². The molecule has 1 heterocycles. The van der Waals surface area contributed by atoms with Gasteiger partial charge in [0, 0.05) is 22.6 Å². The molecule has 0 radical (unpaired) electrons. The third-order valence-corrected chi connectivity index (χ3v) is 6.14. The lowest BCUT2D eigenvalue weighted by molar-refractivity contribution is 0.0996. The topological polar surface area (TPSA) is 43.6 Å². The molecule has 0 saturated carbocycles. The summed E-state index contributed by atoms with van der Waals surface area (Å²) in [4.78, 5) is 17.7. The molecule has 1 aromatic heterocycles. The smallest absolute Gasteiger partial charge is 0.280 e. The van der Waals surface area contributed by atoms with E-state index in [0.717, 1.165) is 20.3 Å². The van der Waals surface area contributed by atoms with Crippen molar-refractivity contribution < 1.29 is 9.53 Å². The maximum Gasteiger partial charge on any atom is 0.280 e. The summed E-state index contributed by atoms with van der Waals surface area (Å²) in [7, 11) is 0. The monoisotopic (exact) mass is 452 g/mol. The van der Waals surface area contributed by atoms with Gasteiger partial charge in [0.15, 0.2) is 4.80 Å². The number of rotatable bonds is 5. The summed E-state index contributed by atoms with van der Waals surface area (Å²) >= 11 is 11.2. The Bertz CT molecular complexity index is 1030. The van der Waals surface area contributed by atoms with Gasteiger partial charge in [-0.25, -0.2) is 0 Å². The maximum atomic E-state index is 12.7. The van der Waals surface area contributed by atoms with E-state index in [4.69, 9.17) is 16.3 Å². The van der Waals surface area contributed by atoms with Crippen molar-refractivity contribution in [2.24, 2.45) is 4.99 Å². The average molecular weight is 454 g/mol. The van der Waals surface area contributed by atoms with Gasteiger partial charge in [-0.1, -0.05) is 35.1 Å². The Kier molecular flexibility index (Phi) is 6.29. The van der Waals surface area contributed by atoms with E-state index in [1.807, 2.05) is 48.7 Å². The number of thiazole rings is 1. The van der Waals surface area contributed by atoms with Gasteiger partial charge < -0.3 is 9.30 Å². The predicted molar refractivity (Wildman–Crippen MR) is 110 cm³/mol. The quantitative estimate of drug-likeness (QED) is 0.498. The van der Waals surface area contributed by atoms with Crippen molar-refractivity contribution in [3.05, 3.63) is 61.8 Å². The van der Waals surface area contributed by atoms with Gasteiger partial charge in [-0.2, -0.15) is 4.99 Å². The van der Waals surface area contributed by atoms with Gasteiger partial charge in [0.1, 0.15) is 0 Å². The number of aromatic nitrogens is 1. The van der Waals surface area contributed by atoms with Crippen LogP contribution in [0.4, 0.5) is 0 Å². The largest absolute Gasteiger partial charge is 0.380 e. The molecule has 0 unspecified atom stereocenters. The molecule has 7 heteroatoms. The van der Waals surface area contributed by atoms with Crippen LogP contribution in [-0.4, -0.2) is 23.7 Å². The van der Waals surface area contributed by atoms with Crippen molar-refractivity contribution in [1.82, 2.24) is 4.57 Å². The average Bonchev–Trinajstić information content (AvgIpc) is 2.97. The lowest BCUT2D eigenvalue weighted by Crippen LogP contribution is -2.20. The molecule has 3 rings (SSSR count). The fourth-order valence-electron chi connectivity index (χ4n) is 2.69. The number of amides is 1. The van der Waals surface area contributed by atoms with Crippen molar-refractivity contribution in [2.75, 3.05) is 13.2 Å². The molecular weight excluding hydrogens is 436 g/mol. The van der Waals surface area contributed by atoms with Gasteiger partial charge in [0.25, 0.3) is 5.91 Å². The van der Waals surface area contributed by atoms with E-state index in [-0.39, 0.29) is 5.91 Å². The highest BCUT2D eigenvalue weighted by atomic mass is 79.9. The number of aryl methyl sites for hydroxylation is 1. The third kappa shape index (κ3) is 3.93. The molecule has 3 aromatic rings. The van der Waals surface area contributed by atoms with Gasteiger partial charge in [0.2, 0.25) is 0 Å². The molecule has 0 spiro atoms.